The van der Waals surface area contributed by atoms with E-state index in [4.69, 9.17) is 15.3 Å². The Balaban J connectivity index is -0.0000000297. The van der Waals surface area contributed by atoms with Crippen molar-refractivity contribution in [1.29, 1.82) is 0 Å². The lowest BCUT2D eigenvalue weighted by Crippen LogP contribution is -1.47. The Morgan fingerprint density at radius 1 is 0.276 bits per heavy atom. The van der Waals surface area contributed by atoms with Crippen LogP contribution in [0.5, 0.6) is 0 Å². The third-order valence-electron chi connectivity index (χ3n) is 3.75. The molecule has 0 bridgehead atoms. The predicted molar refractivity (Wildman–Crippen MR) is 136 cm³/mol. The fourth-order valence-electron chi connectivity index (χ4n) is 2.65. The van der Waals surface area contributed by atoms with Gasteiger partial charge in [0.25, 0.3) is 0 Å². The summed E-state index contributed by atoms with van der Waals surface area (Å²) >= 11 is 13.9. The van der Waals surface area contributed by atoms with Gasteiger partial charge in [0, 0.05) is 40.5 Å². The maximum absolute atomic E-state index is 7.00. The lowest BCUT2D eigenvalue weighted by Gasteiger charge is -1.67. The van der Waals surface area contributed by atoms with Gasteiger partial charge < -0.3 is 26.3 Å². The minimum Gasteiger partial charge on any atom is -0.412 e. The Morgan fingerprint density at radius 2 is 0.310 bits per heavy atom. The van der Waals surface area contributed by atoms with E-state index >= 15 is 0 Å². The van der Waals surface area contributed by atoms with Crippen molar-refractivity contribution < 1.29 is 26.3 Å². The van der Waals surface area contributed by atoms with Crippen LogP contribution in [0.1, 0.15) is 96.3 Å². The average molecular weight is 494 g/mol. The van der Waals surface area contributed by atoms with E-state index in [-0.39, 0.29) is 11.0 Å². The van der Waals surface area contributed by atoms with Crippen molar-refractivity contribution in [2.24, 2.45) is 0 Å². The number of hydrogen-bond donors (Lipinski definition) is 3. The molecule has 0 aromatic rings. The van der Waals surface area contributed by atoms with Crippen LogP contribution >= 0.6 is 34.8 Å². The first-order chi connectivity index (χ1) is 13.5. The van der Waals surface area contributed by atoms with Crippen molar-refractivity contribution in [3.63, 3.8) is 0 Å². The number of rotatable bonds is 0. The molecule has 190 valence electrons. The van der Waals surface area contributed by atoms with E-state index in [9.17, 15) is 0 Å². The minimum absolute atomic E-state index is 0. The monoisotopic (exact) mass is 492 g/mol. The number of halogens is 3. The van der Waals surface area contributed by atoms with Crippen LogP contribution in [0, 0.1) is 0 Å². The Hall–Kier alpha value is 0.670. The van der Waals surface area contributed by atoms with Gasteiger partial charge in [-0.1, -0.05) is 96.3 Å². The molecule has 5 nitrogen and oxygen atoms in total. The van der Waals surface area contributed by atoms with E-state index < -0.39 is 0 Å². The van der Waals surface area contributed by atoms with E-state index in [2.05, 4.69) is 34.8 Å². The SMILES string of the molecule is C1CCCC1.C1CCCC1.C1CCCC1.CCl.CCl.CCl.CO.CO.CO.O.O. The molecule has 0 amide bonds. The smallest absolute Gasteiger partial charge is 0.0319 e. The normalized spacial score (nSPS) is 13.7. The molecule has 3 aliphatic carbocycles. The number of aliphatic hydroxyl groups is 3. The second-order valence-corrected chi connectivity index (χ2v) is 5.30. The molecule has 0 aliphatic heterocycles. The molecule has 0 aromatic carbocycles. The summed E-state index contributed by atoms with van der Waals surface area (Å²) in [6, 6.07) is 0. The molecule has 7 N–H and O–H groups in total. The summed E-state index contributed by atoms with van der Waals surface area (Å²) in [4.78, 5) is 0. The van der Waals surface area contributed by atoms with Gasteiger partial charge in [0.1, 0.15) is 0 Å². The number of hydrogen-bond acceptors (Lipinski definition) is 3. The van der Waals surface area contributed by atoms with E-state index in [0.717, 1.165) is 21.3 Å². The topological polar surface area (TPSA) is 124 Å². The molecule has 3 saturated carbocycles. The molecule has 29 heavy (non-hydrogen) atoms. The third kappa shape index (κ3) is 83.0. The van der Waals surface area contributed by atoms with Crippen LogP contribution in [0.15, 0.2) is 0 Å². The van der Waals surface area contributed by atoms with Gasteiger partial charge in [-0.15, -0.1) is 34.8 Å². The summed E-state index contributed by atoms with van der Waals surface area (Å²) in [7, 11) is 3.00. The first kappa shape index (κ1) is 51.9. The zero-order valence-corrected chi connectivity index (χ0v) is 22.3. The molecule has 0 heterocycles. The van der Waals surface area contributed by atoms with Gasteiger partial charge in [0.05, 0.1) is 0 Å². The van der Waals surface area contributed by atoms with Gasteiger partial charge >= 0.3 is 0 Å². The standard InChI is InChI=1S/3C5H10.3CH3Cl.3CH4O.2H2O/c3*1-2-4-5-3-1;6*1-2;;/h3*1-5H2;3*1H3;3*2H,1H3;2*1H2. The average Bonchev–Trinajstić information content (AvgIpc) is 3.63. The van der Waals surface area contributed by atoms with Gasteiger partial charge in [0.15, 0.2) is 0 Å². The second-order valence-electron chi connectivity index (χ2n) is 5.30. The number of aliphatic hydroxyl groups excluding tert-OH is 3. The fraction of sp³-hybridized carbons (Fsp3) is 1.00. The molecular weight excluding hydrogens is 439 g/mol. The maximum Gasteiger partial charge on any atom is 0.0319 e. The minimum atomic E-state index is 0. The summed E-state index contributed by atoms with van der Waals surface area (Å²) in [6.45, 7) is 0. The summed E-state index contributed by atoms with van der Waals surface area (Å²) in [5.41, 5.74) is 0. The zero-order chi connectivity index (χ0) is 22.6. The van der Waals surface area contributed by atoms with Crippen LogP contribution in [-0.2, 0) is 0 Å². The van der Waals surface area contributed by atoms with E-state index in [1.807, 2.05) is 0 Å². The highest BCUT2D eigenvalue weighted by Crippen LogP contribution is 2.16. The van der Waals surface area contributed by atoms with Crippen molar-refractivity contribution in [3.05, 3.63) is 0 Å². The first-order valence-electron chi connectivity index (χ1n) is 9.98. The lowest BCUT2D eigenvalue weighted by molar-refractivity contribution is 0.399. The van der Waals surface area contributed by atoms with Crippen molar-refractivity contribution in [2.75, 3.05) is 40.5 Å². The van der Waals surface area contributed by atoms with Gasteiger partial charge in [-0.2, -0.15) is 0 Å². The number of alkyl halides is 3. The van der Waals surface area contributed by atoms with Crippen LogP contribution in [-0.4, -0.2) is 66.8 Å². The molecule has 3 rings (SSSR count). The highest BCUT2D eigenvalue weighted by atomic mass is 35.5. The van der Waals surface area contributed by atoms with Crippen molar-refractivity contribution in [3.8, 4) is 0 Å². The van der Waals surface area contributed by atoms with E-state index in [0.29, 0.717) is 0 Å². The molecule has 0 unspecified atom stereocenters. The van der Waals surface area contributed by atoms with Crippen molar-refractivity contribution >= 4 is 34.8 Å². The molecule has 3 fully saturated rings. The van der Waals surface area contributed by atoms with Gasteiger partial charge in [-0.3, -0.25) is 0 Å². The molecule has 0 aromatic heterocycles. The highest BCUT2D eigenvalue weighted by molar-refractivity contribution is 6.15. The Morgan fingerprint density at radius 3 is 0.345 bits per heavy atom. The van der Waals surface area contributed by atoms with Crippen LogP contribution in [0.25, 0.3) is 0 Å². The second kappa shape index (κ2) is 89.4. The zero-order valence-electron chi connectivity index (χ0n) is 20.1. The Kier molecular flexibility index (Phi) is 160. The molecule has 0 radical (unpaired) electrons. The van der Waals surface area contributed by atoms with Gasteiger partial charge in [0.2, 0.25) is 0 Å². The molecule has 0 saturated heterocycles. The lowest BCUT2D eigenvalue weighted by atomic mass is 10.4. The van der Waals surface area contributed by atoms with E-state index in [1.165, 1.54) is 115 Å². The predicted octanol–water partition coefficient (Wildman–Crippen LogP) is 5.59. The summed E-state index contributed by atoms with van der Waals surface area (Å²) < 4.78 is 0. The first-order valence-corrected chi connectivity index (χ1v) is 12.2. The highest BCUT2D eigenvalue weighted by Gasteiger charge is 1.96. The Bertz CT molecular complexity index is 90.9. The molecule has 8 heteroatoms. The molecule has 0 spiro atoms. The Labute approximate surface area is 197 Å². The quantitative estimate of drug-likeness (QED) is 0.381. The third-order valence-corrected chi connectivity index (χ3v) is 3.75. The van der Waals surface area contributed by atoms with Crippen LogP contribution < -0.4 is 0 Å². The van der Waals surface area contributed by atoms with Gasteiger partial charge in [-0.25, -0.2) is 0 Å². The van der Waals surface area contributed by atoms with Crippen molar-refractivity contribution in [1.82, 2.24) is 0 Å². The largest absolute Gasteiger partial charge is 0.412 e. The summed E-state index contributed by atoms with van der Waals surface area (Å²) in [5.74, 6) is 0. The van der Waals surface area contributed by atoms with E-state index in [1.54, 1.807) is 0 Å². The van der Waals surface area contributed by atoms with Gasteiger partial charge in [-0.05, 0) is 0 Å². The fourth-order valence-corrected chi connectivity index (χ4v) is 2.65. The van der Waals surface area contributed by atoms with Crippen LogP contribution in [0.2, 0.25) is 0 Å². The van der Waals surface area contributed by atoms with Crippen molar-refractivity contribution in [2.45, 2.75) is 96.3 Å². The molecular formula is C21H55Cl3O5. The maximum atomic E-state index is 7.00. The molecule has 0 atom stereocenters. The molecule has 3 aliphatic rings. The van der Waals surface area contributed by atoms with Crippen LogP contribution in [0.3, 0.4) is 0 Å². The van der Waals surface area contributed by atoms with Crippen LogP contribution in [0.4, 0.5) is 0 Å². The summed E-state index contributed by atoms with van der Waals surface area (Å²) in [6.07, 6.45) is 26.9. The summed E-state index contributed by atoms with van der Waals surface area (Å²) in [5, 5.41) is 21.0.